The third-order valence-electron chi connectivity index (χ3n) is 4.35. The Balaban J connectivity index is 1.56. The average Bonchev–Trinajstić information content (AvgIpc) is 2.75. The van der Waals surface area contributed by atoms with Crippen LogP contribution in [0.15, 0.2) is 72.8 Å². The SMILES string of the molecule is Cc1ccc(C)c(NC(=S)NC(=O)c2ccccc2OCCOc2ccccc2)c1. The summed E-state index contributed by atoms with van der Waals surface area (Å²) >= 11 is 5.31. The number of para-hydroxylation sites is 2. The molecule has 0 saturated carbocycles. The number of carbonyl (C=O) groups excluding carboxylic acids is 1. The van der Waals surface area contributed by atoms with E-state index in [0.29, 0.717) is 24.5 Å². The first-order valence-corrected chi connectivity index (χ1v) is 10.0. The lowest BCUT2D eigenvalue weighted by atomic mass is 10.1. The zero-order valence-electron chi connectivity index (χ0n) is 17.0. The average molecular weight is 421 g/mol. The van der Waals surface area contributed by atoms with Crippen molar-refractivity contribution >= 4 is 28.9 Å². The Morgan fingerprint density at radius 2 is 1.60 bits per heavy atom. The van der Waals surface area contributed by atoms with Crippen molar-refractivity contribution in [2.45, 2.75) is 13.8 Å². The number of ether oxygens (including phenoxy) is 2. The molecule has 0 spiro atoms. The molecule has 5 nitrogen and oxygen atoms in total. The van der Waals surface area contributed by atoms with Gasteiger partial charge in [0.2, 0.25) is 0 Å². The van der Waals surface area contributed by atoms with Crippen molar-refractivity contribution in [3.63, 3.8) is 0 Å². The summed E-state index contributed by atoms with van der Waals surface area (Å²) in [6.45, 7) is 4.66. The molecule has 0 aromatic heterocycles. The van der Waals surface area contributed by atoms with E-state index in [9.17, 15) is 4.79 Å². The zero-order chi connectivity index (χ0) is 21.3. The number of amides is 1. The first-order chi connectivity index (χ1) is 14.5. The summed E-state index contributed by atoms with van der Waals surface area (Å²) in [5, 5.41) is 6.03. The maximum Gasteiger partial charge on any atom is 0.261 e. The molecular weight excluding hydrogens is 396 g/mol. The Hall–Kier alpha value is -3.38. The molecule has 3 rings (SSSR count). The molecule has 0 aliphatic carbocycles. The first-order valence-electron chi connectivity index (χ1n) is 9.62. The smallest absolute Gasteiger partial charge is 0.261 e. The topological polar surface area (TPSA) is 59.6 Å². The maximum absolute atomic E-state index is 12.7. The lowest BCUT2D eigenvalue weighted by Gasteiger charge is -2.14. The van der Waals surface area contributed by atoms with Crippen molar-refractivity contribution in [3.05, 3.63) is 89.5 Å². The molecule has 0 saturated heterocycles. The number of thiocarbonyl (C=S) groups is 1. The number of hydrogen-bond acceptors (Lipinski definition) is 4. The van der Waals surface area contributed by atoms with Gasteiger partial charge in [0.1, 0.15) is 24.7 Å². The van der Waals surface area contributed by atoms with Gasteiger partial charge in [0.05, 0.1) is 5.56 Å². The van der Waals surface area contributed by atoms with Crippen molar-refractivity contribution in [3.8, 4) is 11.5 Å². The third kappa shape index (κ3) is 6.06. The Bertz CT molecular complexity index is 1020. The Kier molecular flexibility index (Phi) is 7.40. The van der Waals surface area contributed by atoms with Crippen LogP contribution in [0.1, 0.15) is 21.5 Å². The molecule has 0 fully saturated rings. The van der Waals surface area contributed by atoms with E-state index in [1.54, 1.807) is 18.2 Å². The van der Waals surface area contributed by atoms with Gasteiger partial charge >= 0.3 is 0 Å². The summed E-state index contributed by atoms with van der Waals surface area (Å²) in [5.41, 5.74) is 3.42. The van der Waals surface area contributed by atoms with Crippen LogP contribution in [0, 0.1) is 13.8 Å². The number of rotatable bonds is 7. The lowest BCUT2D eigenvalue weighted by Crippen LogP contribution is -2.34. The van der Waals surface area contributed by atoms with Crippen LogP contribution >= 0.6 is 12.2 Å². The number of benzene rings is 3. The first kappa shape index (κ1) is 21.3. The molecule has 0 aliphatic rings. The second-order valence-electron chi connectivity index (χ2n) is 6.73. The Morgan fingerprint density at radius 1 is 0.900 bits per heavy atom. The molecule has 0 unspecified atom stereocenters. The summed E-state index contributed by atoms with van der Waals surface area (Å²) < 4.78 is 11.4. The fraction of sp³-hybridized carbons (Fsp3) is 0.167. The van der Waals surface area contributed by atoms with Crippen LogP contribution in [0.5, 0.6) is 11.5 Å². The van der Waals surface area contributed by atoms with Crippen molar-refractivity contribution in [2.24, 2.45) is 0 Å². The molecule has 154 valence electrons. The van der Waals surface area contributed by atoms with Gasteiger partial charge in [-0.3, -0.25) is 10.1 Å². The monoisotopic (exact) mass is 420 g/mol. The molecule has 0 bridgehead atoms. The van der Waals surface area contributed by atoms with E-state index in [-0.39, 0.29) is 11.0 Å². The summed E-state index contributed by atoms with van der Waals surface area (Å²) in [5.74, 6) is 0.911. The standard InChI is InChI=1S/C24H24N2O3S/c1-17-12-13-18(2)21(16-17)25-24(30)26-23(27)20-10-6-7-11-22(20)29-15-14-28-19-8-4-3-5-9-19/h3-13,16H,14-15H2,1-2H3,(H2,25,26,27,30). The van der Waals surface area contributed by atoms with Gasteiger partial charge in [-0.1, -0.05) is 42.5 Å². The number of hydrogen-bond donors (Lipinski definition) is 2. The van der Waals surface area contributed by atoms with Gasteiger partial charge in [-0.2, -0.15) is 0 Å². The fourth-order valence-electron chi connectivity index (χ4n) is 2.80. The number of nitrogens with one attached hydrogen (secondary N) is 2. The minimum atomic E-state index is -0.336. The predicted octanol–water partition coefficient (Wildman–Crippen LogP) is 4.89. The van der Waals surface area contributed by atoms with Gasteiger partial charge in [-0.05, 0) is 67.5 Å². The van der Waals surface area contributed by atoms with Crippen LogP contribution in [0.4, 0.5) is 5.69 Å². The molecule has 0 aliphatic heterocycles. The summed E-state index contributed by atoms with van der Waals surface area (Å²) in [7, 11) is 0. The van der Waals surface area contributed by atoms with Crippen LogP contribution in [0.25, 0.3) is 0 Å². The van der Waals surface area contributed by atoms with Crippen molar-refractivity contribution in [1.82, 2.24) is 5.32 Å². The summed E-state index contributed by atoms with van der Waals surface area (Å²) in [6, 6.07) is 22.6. The van der Waals surface area contributed by atoms with Crippen LogP contribution in [0.3, 0.4) is 0 Å². The van der Waals surface area contributed by atoms with Gasteiger partial charge in [-0.25, -0.2) is 0 Å². The molecular formula is C24H24N2O3S. The highest BCUT2D eigenvalue weighted by Gasteiger charge is 2.14. The zero-order valence-corrected chi connectivity index (χ0v) is 17.8. The van der Waals surface area contributed by atoms with Crippen LogP contribution in [0.2, 0.25) is 0 Å². The van der Waals surface area contributed by atoms with Crippen molar-refractivity contribution in [2.75, 3.05) is 18.5 Å². The van der Waals surface area contributed by atoms with Gasteiger partial charge in [0.25, 0.3) is 5.91 Å². The largest absolute Gasteiger partial charge is 0.490 e. The molecule has 3 aromatic carbocycles. The van der Waals surface area contributed by atoms with Gasteiger partial charge < -0.3 is 14.8 Å². The minimum absolute atomic E-state index is 0.232. The highest BCUT2D eigenvalue weighted by molar-refractivity contribution is 7.80. The minimum Gasteiger partial charge on any atom is -0.490 e. The lowest BCUT2D eigenvalue weighted by molar-refractivity contribution is 0.0972. The molecule has 2 N–H and O–H groups in total. The fourth-order valence-corrected chi connectivity index (χ4v) is 3.01. The quantitative estimate of drug-likeness (QED) is 0.421. The number of aryl methyl sites for hydroxylation is 2. The molecule has 0 heterocycles. The van der Waals surface area contributed by atoms with Gasteiger partial charge in [-0.15, -0.1) is 0 Å². The van der Waals surface area contributed by atoms with E-state index in [1.165, 1.54) is 0 Å². The van der Waals surface area contributed by atoms with E-state index in [1.807, 2.05) is 68.4 Å². The summed E-state index contributed by atoms with van der Waals surface area (Å²) in [4.78, 5) is 12.7. The highest BCUT2D eigenvalue weighted by Crippen LogP contribution is 2.19. The van der Waals surface area contributed by atoms with E-state index in [4.69, 9.17) is 21.7 Å². The molecule has 6 heteroatoms. The number of carbonyl (C=O) groups is 1. The molecule has 30 heavy (non-hydrogen) atoms. The van der Waals surface area contributed by atoms with Gasteiger partial charge in [0, 0.05) is 5.69 Å². The van der Waals surface area contributed by atoms with E-state index >= 15 is 0 Å². The van der Waals surface area contributed by atoms with Gasteiger partial charge in [0.15, 0.2) is 5.11 Å². The Labute approximate surface area is 182 Å². The normalized spacial score (nSPS) is 10.2. The molecule has 0 atom stereocenters. The van der Waals surface area contributed by atoms with Crippen molar-refractivity contribution < 1.29 is 14.3 Å². The maximum atomic E-state index is 12.7. The molecule has 3 aromatic rings. The highest BCUT2D eigenvalue weighted by atomic mass is 32.1. The summed E-state index contributed by atoms with van der Waals surface area (Å²) in [6.07, 6.45) is 0. The van der Waals surface area contributed by atoms with E-state index in [2.05, 4.69) is 10.6 Å². The molecule has 0 radical (unpaired) electrons. The Morgan fingerprint density at radius 3 is 2.40 bits per heavy atom. The van der Waals surface area contributed by atoms with Crippen LogP contribution in [-0.4, -0.2) is 24.2 Å². The number of anilines is 1. The second-order valence-corrected chi connectivity index (χ2v) is 7.14. The van der Waals surface area contributed by atoms with Crippen LogP contribution in [-0.2, 0) is 0 Å². The third-order valence-corrected chi connectivity index (χ3v) is 4.56. The predicted molar refractivity (Wildman–Crippen MR) is 123 cm³/mol. The molecule has 1 amide bonds. The van der Waals surface area contributed by atoms with E-state index < -0.39 is 0 Å². The van der Waals surface area contributed by atoms with E-state index in [0.717, 1.165) is 22.6 Å². The second kappa shape index (κ2) is 10.4. The van der Waals surface area contributed by atoms with Crippen LogP contribution < -0.4 is 20.1 Å². The van der Waals surface area contributed by atoms with Crippen molar-refractivity contribution in [1.29, 1.82) is 0 Å².